The Morgan fingerprint density at radius 1 is 1.43 bits per heavy atom. The van der Waals surface area contributed by atoms with Gasteiger partial charge in [-0.25, -0.2) is 9.97 Å². The summed E-state index contributed by atoms with van der Waals surface area (Å²) in [4.78, 5) is 7.76. The molecule has 0 aliphatic heterocycles. The van der Waals surface area contributed by atoms with Gasteiger partial charge in [-0.2, -0.15) is 0 Å². The Bertz CT molecular complexity index is 293. The smallest absolute Gasteiger partial charge is 0.129 e. The van der Waals surface area contributed by atoms with Gasteiger partial charge in [0.05, 0.1) is 12.1 Å². The fourth-order valence-electron chi connectivity index (χ4n) is 1.51. The van der Waals surface area contributed by atoms with Crippen LogP contribution in [0.3, 0.4) is 0 Å². The van der Waals surface area contributed by atoms with Crippen molar-refractivity contribution >= 4 is 5.82 Å². The van der Waals surface area contributed by atoms with Crippen molar-refractivity contribution in [3.63, 3.8) is 0 Å². The Morgan fingerprint density at radius 2 is 2.29 bits per heavy atom. The molecule has 1 aromatic rings. The van der Waals surface area contributed by atoms with Crippen LogP contribution in [0, 0.1) is 6.42 Å². The second-order valence-corrected chi connectivity index (χ2v) is 3.30. The SMILES string of the molecule is OC1[CH]CC(Nc2ccncn2)C1O. The Hall–Kier alpha value is -1.20. The molecule has 3 unspecified atom stereocenters. The van der Waals surface area contributed by atoms with Gasteiger partial charge in [0, 0.05) is 6.20 Å². The number of anilines is 1. The predicted molar refractivity (Wildman–Crippen MR) is 50.4 cm³/mol. The van der Waals surface area contributed by atoms with E-state index in [1.165, 1.54) is 6.33 Å². The maximum absolute atomic E-state index is 9.53. The van der Waals surface area contributed by atoms with Gasteiger partial charge in [-0.1, -0.05) is 0 Å². The first-order valence-electron chi connectivity index (χ1n) is 4.49. The van der Waals surface area contributed by atoms with Crippen molar-refractivity contribution in [2.75, 3.05) is 5.32 Å². The van der Waals surface area contributed by atoms with E-state index >= 15 is 0 Å². The molecule has 1 radical (unpaired) electrons. The molecule has 3 atom stereocenters. The van der Waals surface area contributed by atoms with E-state index in [4.69, 9.17) is 0 Å². The molecule has 14 heavy (non-hydrogen) atoms. The first-order chi connectivity index (χ1) is 6.77. The second kappa shape index (κ2) is 3.89. The summed E-state index contributed by atoms with van der Waals surface area (Å²) in [6.45, 7) is 0. The quantitative estimate of drug-likeness (QED) is 0.596. The molecule has 0 spiro atoms. The van der Waals surface area contributed by atoms with E-state index in [0.717, 1.165) is 0 Å². The van der Waals surface area contributed by atoms with Gasteiger partial charge in [0.25, 0.3) is 0 Å². The number of aromatic nitrogens is 2. The monoisotopic (exact) mass is 194 g/mol. The highest BCUT2D eigenvalue weighted by molar-refractivity contribution is 5.34. The fraction of sp³-hybridized carbons (Fsp3) is 0.444. The molecular formula is C9H12N3O2. The van der Waals surface area contributed by atoms with Crippen molar-refractivity contribution in [2.24, 2.45) is 0 Å². The predicted octanol–water partition coefficient (Wildman–Crippen LogP) is -0.413. The molecule has 1 heterocycles. The van der Waals surface area contributed by atoms with Gasteiger partial charge in [0.15, 0.2) is 0 Å². The van der Waals surface area contributed by atoms with Gasteiger partial charge < -0.3 is 15.5 Å². The minimum atomic E-state index is -0.759. The van der Waals surface area contributed by atoms with Crippen LogP contribution < -0.4 is 5.32 Å². The van der Waals surface area contributed by atoms with Gasteiger partial charge in [-0.3, -0.25) is 0 Å². The topological polar surface area (TPSA) is 78.3 Å². The molecule has 1 aliphatic carbocycles. The molecule has 3 N–H and O–H groups in total. The van der Waals surface area contributed by atoms with Gasteiger partial charge in [-0.15, -0.1) is 0 Å². The lowest BCUT2D eigenvalue weighted by molar-refractivity contribution is 0.0530. The zero-order valence-corrected chi connectivity index (χ0v) is 7.54. The highest BCUT2D eigenvalue weighted by Crippen LogP contribution is 2.21. The van der Waals surface area contributed by atoms with Crippen LogP contribution in [0.15, 0.2) is 18.6 Å². The van der Waals surface area contributed by atoms with Crippen LogP contribution in [0.5, 0.6) is 0 Å². The van der Waals surface area contributed by atoms with Crippen LogP contribution in [0.4, 0.5) is 5.82 Å². The van der Waals surface area contributed by atoms with Crippen molar-refractivity contribution in [1.82, 2.24) is 9.97 Å². The zero-order valence-electron chi connectivity index (χ0n) is 7.54. The molecule has 1 saturated carbocycles. The minimum Gasteiger partial charge on any atom is -0.390 e. The number of nitrogens with zero attached hydrogens (tertiary/aromatic N) is 2. The molecule has 0 saturated heterocycles. The Balaban J connectivity index is 1.99. The van der Waals surface area contributed by atoms with Gasteiger partial charge in [-0.05, 0) is 18.9 Å². The number of hydrogen-bond donors (Lipinski definition) is 3. The first-order valence-corrected chi connectivity index (χ1v) is 4.49. The van der Waals surface area contributed by atoms with Crippen LogP contribution in [-0.4, -0.2) is 38.4 Å². The molecule has 0 amide bonds. The summed E-state index contributed by atoms with van der Waals surface area (Å²) in [6, 6.07) is 1.55. The number of rotatable bonds is 2. The Kier molecular flexibility index (Phi) is 2.60. The maximum Gasteiger partial charge on any atom is 0.129 e. The van der Waals surface area contributed by atoms with E-state index in [-0.39, 0.29) is 6.04 Å². The lowest BCUT2D eigenvalue weighted by Crippen LogP contribution is -2.34. The number of aliphatic hydroxyl groups excluding tert-OH is 2. The minimum absolute atomic E-state index is 0.167. The van der Waals surface area contributed by atoms with Crippen molar-refractivity contribution in [3.8, 4) is 0 Å². The fourth-order valence-corrected chi connectivity index (χ4v) is 1.51. The lowest BCUT2D eigenvalue weighted by atomic mass is 10.2. The van der Waals surface area contributed by atoms with E-state index in [1.54, 1.807) is 18.7 Å². The summed E-state index contributed by atoms with van der Waals surface area (Å²) in [5, 5.41) is 21.8. The summed E-state index contributed by atoms with van der Waals surface area (Å²) in [6.07, 6.45) is 3.87. The van der Waals surface area contributed by atoms with Gasteiger partial charge >= 0.3 is 0 Å². The zero-order chi connectivity index (χ0) is 9.97. The lowest BCUT2D eigenvalue weighted by Gasteiger charge is -2.17. The van der Waals surface area contributed by atoms with Crippen LogP contribution in [0.1, 0.15) is 6.42 Å². The average Bonchev–Trinajstić information content (AvgIpc) is 2.52. The van der Waals surface area contributed by atoms with Gasteiger partial charge in [0.1, 0.15) is 18.2 Å². The van der Waals surface area contributed by atoms with Crippen molar-refractivity contribution in [1.29, 1.82) is 0 Å². The summed E-state index contributed by atoms with van der Waals surface area (Å²) < 4.78 is 0. The standard InChI is InChI=1S/C9H12N3O2/c13-7-2-1-6(9(7)14)12-8-3-4-10-5-11-8/h2-7,9,13-14H,1H2,(H,10,11,12). The molecule has 5 nitrogen and oxygen atoms in total. The third kappa shape index (κ3) is 1.83. The normalized spacial score (nSPS) is 31.7. The third-order valence-corrected chi connectivity index (χ3v) is 2.31. The Morgan fingerprint density at radius 3 is 2.86 bits per heavy atom. The van der Waals surface area contributed by atoms with Crippen molar-refractivity contribution in [2.45, 2.75) is 24.7 Å². The number of hydrogen-bond acceptors (Lipinski definition) is 5. The number of aliphatic hydroxyl groups is 2. The molecule has 1 fully saturated rings. The first kappa shape index (κ1) is 9.36. The molecule has 0 bridgehead atoms. The van der Waals surface area contributed by atoms with Crippen LogP contribution >= 0.6 is 0 Å². The molecule has 5 heteroatoms. The largest absolute Gasteiger partial charge is 0.390 e. The molecule has 2 rings (SSSR count). The molecule has 1 aromatic heterocycles. The van der Waals surface area contributed by atoms with Crippen molar-refractivity contribution < 1.29 is 10.2 Å². The average molecular weight is 194 g/mol. The third-order valence-electron chi connectivity index (χ3n) is 2.31. The molecule has 0 aromatic carbocycles. The van der Waals surface area contributed by atoms with E-state index < -0.39 is 12.2 Å². The van der Waals surface area contributed by atoms with Crippen molar-refractivity contribution in [3.05, 3.63) is 25.0 Å². The summed E-state index contributed by atoms with van der Waals surface area (Å²) >= 11 is 0. The van der Waals surface area contributed by atoms with Crippen LogP contribution in [0.25, 0.3) is 0 Å². The summed E-state index contributed by atoms with van der Waals surface area (Å²) in [5.74, 6) is 0.659. The number of nitrogens with one attached hydrogen (secondary N) is 1. The Labute approximate surface area is 81.8 Å². The van der Waals surface area contributed by atoms with E-state index in [0.29, 0.717) is 12.2 Å². The molecule has 75 valence electrons. The highest BCUT2D eigenvalue weighted by atomic mass is 16.3. The maximum atomic E-state index is 9.53. The summed E-state index contributed by atoms with van der Waals surface area (Å²) in [5.41, 5.74) is 0. The van der Waals surface area contributed by atoms with E-state index in [2.05, 4.69) is 15.3 Å². The van der Waals surface area contributed by atoms with E-state index in [1.807, 2.05) is 0 Å². The van der Waals surface area contributed by atoms with Crippen LogP contribution in [0.2, 0.25) is 0 Å². The molecule has 1 aliphatic rings. The van der Waals surface area contributed by atoms with Crippen LogP contribution in [-0.2, 0) is 0 Å². The van der Waals surface area contributed by atoms with E-state index in [9.17, 15) is 10.2 Å². The van der Waals surface area contributed by atoms with Gasteiger partial charge in [0.2, 0.25) is 0 Å². The molecular weight excluding hydrogens is 182 g/mol. The second-order valence-electron chi connectivity index (χ2n) is 3.30. The highest BCUT2D eigenvalue weighted by Gasteiger charge is 2.33. The summed E-state index contributed by atoms with van der Waals surface area (Å²) in [7, 11) is 0.